The number of sulfonamides is 1. The van der Waals surface area contributed by atoms with Gasteiger partial charge in [-0.05, 0) is 67.9 Å². The number of carbonyl (C=O) groups is 1. The molecule has 1 amide bonds. The van der Waals surface area contributed by atoms with E-state index < -0.39 is 22.5 Å². The SMILES string of the molecule is CCOc1ccccc1N(CC(=O)N/N=C\c1cc2ccc(C)cc2nc1Cl)S(=O)(=O)c1ccc(Cl)cc1. The van der Waals surface area contributed by atoms with Gasteiger partial charge in [0.1, 0.15) is 17.4 Å². The molecule has 8 nitrogen and oxygen atoms in total. The summed E-state index contributed by atoms with van der Waals surface area (Å²) in [5.41, 5.74) is 4.88. The molecular weight excluding hydrogens is 547 g/mol. The standard InChI is InChI=1S/C27H24Cl2N4O4S/c1-3-37-25-7-5-4-6-24(25)33(38(35,36)22-12-10-21(28)11-13-22)17-26(34)32-30-16-20-15-19-9-8-18(2)14-23(19)31-27(20)29/h4-16H,3,17H2,1-2H3,(H,32,34)/b30-16-. The van der Waals surface area contributed by atoms with E-state index in [0.29, 0.717) is 22.9 Å². The third-order valence-corrected chi connectivity index (χ3v) is 7.80. The molecule has 0 fully saturated rings. The first-order valence-corrected chi connectivity index (χ1v) is 13.8. The molecule has 0 spiro atoms. The second-order valence-corrected chi connectivity index (χ2v) is 10.9. The van der Waals surface area contributed by atoms with Crippen LogP contribution in [-0.2, 0) is 14.8 Å². The molecule has 0 unspecified atom stereocenters. The number of hydrogen-bond donors (Lipinski definition) is 1. The number of para-hydroxylation sites is 2. The number of halogens is 2. The summed E-state index contributed by atoms with van der Waals surface area (Å²) in [4.78, 5) is 17.3. The summed E-state index contributed by atoms with van der Waals surface area (Å²) in [6.45, 7) is 3.49. The lowest BCUT2D eigenvalue weighted by molar-refractivity contribution is -0.119. The molecule has 11 heteroatoms. The van der Waals surface area contributed by atoms with Gasteiger partial charge in [-0.2, -0.15) is 5.10 Å². The number of nitrogens with one attached hydrogen (secondary N) is 1. The first-order valence-electron chi connectivity index (χ1n) is 11.6. The lowest BCUT2D eigenvalue weighted by Gasteiger charge is -2.25. The lowest BCUT2D eigenvalue weighted by atomic mass is 10.1. The molecule has 0 radical (unpaired) electrons. The Morgan fingerprint density at radius 2 is 1.82 bits per heavy atom. The zero-order chi connectivity index (χ0) is 27.3. The Hall–Kier alpha value is -3.66. The Balaban J connectivity index is 1.60. The maximum Gasteiger partial charge on any atom is 0.264 e. The van der Waals surface area contributed by atoms with E-state index in [-0.39, 0.29) is 15.7 Å². The molecule has 0 aliphatic heterocycles. The van der Waals surface area contributed by atoms with E-state index in [0.717, 1.165) is 20.8 Å². The van der Waals surface area contributed by atoms with Crippen LogP contribution in [0.4, 0.5) is 5.69 Å². The molecule has 1 heterocycles. The number of pyridine rings is 1. The second-order valence-electron chi connectivity index (χ2n) is 8.22. The number of benzene rings is 3. The monoisotopic (exact) mass is 570 g/mol. The molecule has 196 valence electrons. The summed E-state index contributed by atoms with van der Waals surface area (Å²) in [5.74, 6) is -0.362. The van der Waals surface area contributed by atoms with Crippen molar-refractivity contribution in [3.63, 3.8) is 0 Å². The van der Waals surface area contributed by atoms with Crippen LogP contribution in [0.1, 0.15) is 18.1 Å². The fourth-order valence-corrected chi connectivity index (χ4v) is 5.43. The molecule has 0 aliphatic rings. The molecule has 0 aliphatic carbocycles. The molecule has 4 rings (SSSR count). The van der Waals surface area contributed by atoms with Crippen molar-refractivity contribution in [3.8, 4) is 5.75 Å². The minimum absolute atomic E-state index is 0.0336. The summed E-state index contributed by atoms with van der Waals surface area (Å²) in [6.07, 6.45) is 1.36. The normalized spacial score (nSPS) is 11.6. The van der Waals surface area contributed by atoms with Gasteiger partial charge in [-0.3, -0.25) is 9.10 Å². The van der Waals surface area contributed by atoms with Gasteiger partial charge in [0.2, 0.25) is 0 Å². The van der Waals surface area contributed by atoms with Gasteiger partial charge in [-0.25, -0.2) is 18.8 Å². The second kappa shape index (κ2) is 11.8. The lowest BCUT2D eigenvalue weighted by Crippen LogP contribution is -2.39. The maximum atomic E-state index is 13.6. The molecule has 0 saturated heterocycles. The van der Waals surface area contributed by atoms with Crippen LogP contribution in [0.5, 0.6) is 5.75 Å². The van der Waals surface area contributed by atoms with Gasteiger partial charge >= 0.3 is 0 Å². The van der Waals surface area contributed by atoms with Crippen molar-refractivity contribution < 1.29 is 17.9 Å². The molecular formula is C27H24Cl2N4O4S. The average molecular weight is 571 g/mol. The number of amides is 1. The Morgan fingerprint density at radius 1 is 1.08 bits per heavy atom. The summed E-state index contributed by atoms with van der Waals surface area (Å²) in [7, 11) is -4.17. The van der Waals surface area contributed by atoms with Crippen molar-refractivity contribution in [1.82, 2.24) is 10.4 Å². The van der Waals surface area contributed by atoms with Gasteiger partial charge < -0.3 is 4.74 Å². The van der Waals surface area contributed by atoms with E-state index in [1.54, 1.807) is 37.3 Å². The number of nitrogens with zero attached hydrogens (tertiary/aromatic N) is 3. The van der Waals surface area contributed by atoms with Gasteiger partial charge in [0.05, 0.1) is 28.9 Å². The molecule has 1 aromatic heterocycles. The summed E-state index contributed by atoms with van der Waals surface area (Å²) >= 11 is 12.2. The van der Waals surface area contributed by atoms with Crippen molar-refractivity contribution in [3.05, 3.63) is 94.1 Å². The molecule has 1 N–H and O–H groups in total. The molecule has 4 aromatic rings. The predicted octanol–water partition coefficient (Wildman–Crippen LogP) is 5.59. The third kappa shape index (κ3) is 6.24. The van der Waals surface area contributed by atoms with Crippen LogP contribution < -0.4 is 14.5 Å². The van der Waals surface area contributed by atoms with E-state index in [2.05, 4.69) is 15.5 Å². The smallest absolute Gasteiger partial charge is 0.264 e. The number of hydrazone groups is 1. The Bertz CT molecular complexity index is 1610. The zero-order valence-corrected chi connectivity index (χ0v) is 22.9. The maximum absolute atomic E-state index is 13.6. The minimum Gasteiger partial charge on any atom is -0.492 e. The number of anilines is 1. The van der Waals surface area contributed by atoms with Crippen molar-refractivity contribution in [2.45, 2.75) is 18.7 Å². The summed E-state index contributed by atoms with van der Waals surface area (Å²) < 4.78 is 33.8. The van der Waals surface area contributed by atoms with E-state index in [1.807, 2.05) is 25.1 Å². The van der Waals surface area contributed by atoms with E-state index >= 15 is 0 Å². The average Bonchev–Trinajstić information content (AvgIpc) is 2.88. The molecule has 0 bridgehead atoms. The van der Waals surface area contributed by atoms with Crippen LogP contribution in [0, 0.1) is 6.92 Å². The van der Waals surface area contributed by atoms with Crippen LogP contribution in [0.25, 0.3) is 10.9 Å². The molecule has 0 saturated carbocycles. The molecule has 0 atom stereocenters. The quantitative estimate of drug-likeness (QED) is 0.160. The Kier molecular flexibility index (Phi) is 8.51. The fourth-order valence-electron chi connectivity index (χ4n) is 3.67. The third-order valence-electron chi connectivity index (χ3n) is 5.47. The predicted molar refractivity (Wildman–Crippen MR) is 151 cm³/mol. The first kappa shape index (κ1) is 27.4. The largest absolute Gasteiger partial charge is 0.492 e. The minimum atomic E-state index is -4.17. The van der Waals surface area contributed by atoms with Crippen molar-refractivity contribution >= 4 is 61.9 Å². The number of aryl methyl sites for hydroxylation is 1. The van der Waals surface area contributed by atoms with Crippen molar-refractivity contribution in [2.24, 2.45) is 5.10 Å². The highest BCUT2D eigenvalue weighted by atomic mass is 35.5. The number of aromatic nitrogens is 1. The van der Waals surface area contributed by atoms with Gasteiger partial charge in [0.25, 0.3) is 15.9 Å². The van der Waals surface area contributed by atoms with Crippen molar-refractivity contribution in [2.75, 3.05) is 17.5 Å². The van der Waals surface area contributed by atoms with Crippen LogP contribution in [-0.4, -0.2) is 38.7 Å². The highest BCUT2D eigenvalue weighted by Crippen LogP contribution is 2.32. The van der Waals surface area contributed by atoms with Gasteiger partial charge in [-0.15, -0.1) is 0 Å². The fraction of sp³-hybridized carbons (Fsp3) is 0.148. The highest BCUT2D eigenvalue weighted by Gasteiger charge is 2.29. The Morgan fingerprint density at radius 3 is 2.55 bits per heavy atom. The van der Waals surface area contributed by atoms with Gasteiger partial charge in [0, 0.05) is 16.0 Å². The molecule has 3 aromatic carbocycles. The Labute approximate surface area is 230 Å². The summed E-state index contributed by atoms with van der Waals surface area (Å²) in [6, 6.07) is 19.9. The number of rotatable bonds is 9. The molecule has 38 heavy (non-hydrogen) atoms. The van der Waals surface area contributed by atoms with Crippen LogP contribution in [0.3, 0.4) is 0 Å². The van der Waals surface area contributed by atoms with Gasteiger partial charge in [0.15, 0.2) is 0 Å². The topological polar surface area (TPSA) is 101 Å². The zero-order valence-electron chi connectivity index (χ0n) is 20.6. The summed E-state index contributed by atoms with van der Waals surface area (Å²) in [5, 5.41) is 5.45. The van der Waals surface area contributed by atoms with Crippen molar-refractivity contribution in [1.29, 1.82) is 0 Å². The highest BCUT2D eigenvalue weighted by molar-refractivity contribution is 7.92. The first-order chi connectivity index (χ1) is 18.2. The van der Waals surface area contributed by atoms with E-state index in [1.165, 1.54) is 30.5 Å². The van der Waals surface area contributed by atoms with E-state index in [9.17, 15) is 13.2 Å². The van der Waals surface area contributed by atoms with Crippen LogP contribution in [0.2, 0.25) is 10.2 Å². The van der Waals surface area contributed by atoms with E-state index in [4.69, 9.17) is 27.9 Å². The van der Waals surface area contributed by atoms with Gasteiger partial charge in [-0.1, -0.05) is 47.5 Å². The van der Waals surface area contributed by atoms with Crippen LogP contribution >= 0.6 is 23.2 Å². The number of fused-ring (bicyclic) bond motifs is 1. The number of ether oxygens (including phenoxy) is 1. The number of carbonyl (C=O) groups excluding carboxylic acids is 1. The van der Waals surface area contributed by atoms with Crippen LogP contribution in [0.15, 0.2) is 82.8 Å². The number of hydrogen-bond acceptors (Lipinski definition) is 6.